The van der Waals surface area contributed by atoms with Crippen LogP contribution in [0, 0.1) is 5.82 Å². The van der Waals surface area contributed by atoms with Gasteiger partial charge in [0.15, 0.2) is 5.16 Å². The van der Waals surface area contributed by atoms with Crippen LogP contribution in [-0.4, -0.2) is 34.4 Å². The summed E-state index contributed by atoms with van der Waals surface area (Å²) in [5.74, 6) is 1.48. The lowest BCUT2D eigenvalue weighted by Crippen LogP contribution is -2.22. The Hall–Kier alpha value is -2.71. The first-order chi connectivity index (χ1) is 15.4. The summed E-state index contributed by atoms with van der Waals surface area (Å²) in [5.41, 5.74) is 2.52. The molecular formula is C24H29FN4O2S. The molecular weight excluding hydrogens is 427 g/mol. The molecule has 32 heavy (non-hydrogen) atoms. The van der Waals surface area contributed by atoms with Gasteiger partial charge in [0.2, 0.25) is 0 Å². The van der Waals surface area contributed by atoms with Crippen LogP contribution < -0.4 is 5.32 Å². The van der Waals surface area contributed by atoms with Gasteiger partial charge in [-0.3, -0.25) is 4.79 Å². The van der Waals surface area contributed by atoms with Crippen molar-refractivity contribution in [3.63, 3.8) is 0 Å². The molecule has 0 saturated carbocycles. The number of halogens is 1. The SMILES string of the molecule is COC[C@H](C)n1c(SCc2ccc(C(=O)NCc3ccc(F)cc3)cc2)nnc1C(C)C. The van der Waals surface area contributed by atoms with Crippen LogP contribution in [0.15, 0.2) is 53.7 Å². The number of carbonyl (C=O) groups is 1. The molecule has 3 aromatic rings. The van der Waals surface area contributed by atoms with Crippen molar-refractivity contribution < 1.29 is 13.9 Å². The van der Waals surface area contributed by atoms with E-state index in [9.17, 15) is 9.18 Å². The topological polar surface area (TPSA) is 69.0 Å². The van der Waals surface area contributed by atoms with Crippen LogP contribution in [0.5, 0.6) is 0 Å². The van der Waals surface area contributed by atoms with Gasteiger partial charge >= 0.3 is 0 Å². The number of benzene rings is 2. The summed E-state index contributed by atoms with van der Waals surface area (Å²) in [4.78, 5) is 12.4. The molecule has 0 saturated heterocycles. The van der Waals surface area contributed by atoms with E-state index < -0.39 is 0 Å². The average Bonchev–Trinajstić information content (AvgIpc) is 3.22. The number of hydrogen-bond donors (Lipinski definition) is 1. The number of nitrogens with zero attached hydrogens (tertiary/aromatic N) is 3. The number of carbonyl (C=O) groups excluding carboxylic acids is 1. The van der Waals surface area contributed by atoms with E-state index in [1.165, 1.54) is 12.1 Å². The highest BCUT2D eigenvalue weighted by atomic mass is 32.2. The Labute approximate surface area is 192 Å². The first-order valence-corrected chi connectivity index (χ1v) is 11.6. The number of methoxy groups -OCH3 is 1. The fraction of sp³-hybridized carbons (Fsp3) is 0.375. The number of aromatic nitrogens is 3. The average molecular weight is 457 g/mol. The van der Waals surface area contributed by atoms with Gasteiger partial charge in [0.1, 0.15) is 11.6 Å². The summed E-state index contributed by atoms with van der Waals surface area (Å²) in [6.45, 7) is 7.25. The molecule has 3 rings (SSSR count). The third kappa shape index (κ3) is 6.17. The predicted octanol–water partition coefficient (Wildman–Crippen LogP) is 4.97. The lowest BCUT2D eigenvalue weighted by atomic mass is 10.1. The minimum absolute atomic E-state index is 0.141. The van der Waals surface area contributed by atoms with Crippen molar-refractivity contribution >= 4 is 17.7 Å². The van der Waals surface area contributed by atoms with E-state index in [0.717, 1.165) is 22.1 Å². The van der Waals surface area contributed by atoms with Crippen LogP contribution in [-0.2, 0) is 17.0 Å². The van der Waals surface area contributed by atoms with Crippen molar-refractivity contribution in [1.82, 2.24) is 20.1 Å². The smallest absolute Gasteiger partial charge is 0.251 e. The maximum absolute atomic E-state index is 13.0. The molecule has 6 nitrogen and oxygen atoms in total. The van der Waals surface area contributed by atoms with E-state index in [0.29, 0.717) is 24.5 Å². The van der Waals surface area contributed by atoms with E-state index in [1.54, 1.807) is 31.0 Å². The van der Waals surface area contributed by atoms with Crippen molar-refractivity contribution in [2.75, 3.05) is 13.7 Å². The summed E-state index contributed by atoms with van der Waals surface area (Å²) in [5, 5.41) is 12.5. The quantitative estimate of drug-likeness (QED) is 0.436. The highest BCUT2D eigenvalue weighted by Gasteiger charge is 2.20. The molecule has 0 aliphatic carbocycles. The molecule has 0 aliphatic heterocycles. The van der Waals surface area contributed by atoms with Crippen molar-refractivity contribution in [2.24, 2.45) is 0 Å². The zero-order valence-electron chi connectivity index (χ0n) is 18.8. The standard InChI is InChI=1S/C24H29FN4O2S/c1-16(2)22-27-28-24(29(22)17(3)14-31-4)32-15-19-5-9-20(10-6-19)23(30)26-13-18-7-11-21(25)12-8-18/h5-12,16-17H,13-15H2,1-4H3,(H,26,30)/t17-/m0/s1. The first-order valence-electron chi connectivity index (χ1n) is 10.6. The van der Waals surface area contributed by atoms with Crippen molar-refractivity contribution in [2.45, 2.75) is 50.2 Å². The monoisotopic (exact) mass is 456 g/mol. The Morgan fingerprint density at radius 2 is 1.72 bits per heavy atom. The molecule has 0 spiro atoms. The lowest BCUT2D eigenvalue weighted by molar-refractivity contribution is 0.0951. The summed E-state index contributed by atoms with van der Waals surface area (Å²) < 4.78 is 20.5. The van der Waals surface area contributed by atoms with Gasteiger partial charge in [-0.25, -0.2) is 4.39 Å². The van der Waals surface area contributed by atoms with Gasteiger partial charge in [-0.15, -0.1) is 10.2 Å². The molecule has 1 heterocycles. The maximum atomic E-state index is 13.0. The molecule has 170 valence electrons. The Bertz CT molecular complexity index is 1020. The molecule has 1 aromatic heterocycles. The summed E-state index contributed by atoms with van der Waals surface area (Å²) >= 11 is 1.62. The second-order valence-corrected chi connectivity index (χ2v) is 8.91. The van der Waals surface area contributed by atoms with E-state index in [-0.39, 0.29) is 23.7 Å². The van der Waals surface area contributed by atoms with Crippen LogP contribution in [0.1, 0.15) is 60.0 Å². The molecule has 0 bridgehead atoms. The Morgan fingerprint density at radius 1 is 1.06 bits per heavy atom. The van der Waals surface area contributed by atoms with E-state index in [4.69, 9.17) is 4.74 Å². The minimum atomic E-state index is -0.291. The number of thioether (sulfide) groups is 1. The number of rotatable bonds is 10. The second kappa shape index (κ2) is 11.2. The molecule has 2 aromatic carbocycles. The molecule has 1 N–H and O–H groups in total. The van der Waals surface area contributed by atoms with Gasteiger partial charge < -0.3 is 14.6 Å². The van der Waals surface area contributed by atoms with E-state index in [2.05, 4.69) is 40.9 Å². The van der Waals surface area contributed by atoms with Gasteiger partial charge in [-0.05, 0) is 42.3 Å². The lowest BCUT2D eigenvalue weighted by Gasteiger charge is -2.18. The molecule has 0 unspecified atom stereocenters. The zero-order valence-corrected chi connectivity index (χ0v) is 19.7. The fourth-order valence-corrected chi connectivity index (χ4v) is 4.30. The van der Waals surface area contributed by atoms with Gasteiger partial charge in [0.05, 0.1) is 12.6 Å². The molecule has 0 fully saturated rings. The van der Waals surface area contributed by atoms with Gasteiger partial charge in [0, 0.05) is 30.9 Å². The Kier molecular flexibility index (Phi) is 8.41. The fourth-order valence-electron chi connectivity index (χ4n) is 3.30. The molecule has 1 atom stereocenters. The zero-order chi connectivity index (χ0) is 23.1. The maximum Gasteiger partial charge on any atom is 0.251 e. The van der Waals surface area contributed by atoms with Gasteiger partial charge in [0.25, 0.3) is 5.91 Å². The first kappa shape index (κ1) is 23.9. The number of hydrogen-bond acceptors (Lipinski definition) is 5. The van der Waals surface area contributed by atoms with Crippen LogP contribution >= 0.6 is 11.8 Å². The highest BCUT2D eigenvalue weighted by Crippen LogP contribution is 2.28. The van der Waals surface area contributed by atoms with Crippen LogP contribution in [0.2, 0.25) is 0 Å². The summed E-state index contributed by atoms with van der Waals surface area (Å²) in [7, 11) is 1.69. The highest BCUT2D eigenvalue weighted by molar-refractivity contribution is 7.98. The van der Waals surface area contributed by atoms with E-state index >= 15 is 0 Å². The molecule has 8 heteroatoms. The third-order valence-electron chi connectivity index (χ3n) is 5.01. The molecule has 0 radical (unpaired) electrons. The second-order valence-electron chi connectivity index (χ2n) is 7.96. The number of amides is 1. The van der Waals surface area contributed by atoms with Gasteiger partial charge in [-0.2, -0.15) is 0 Å². The van der Waals surface area contributed by atoms with Crippen molar-refractivity contribution in [1.29, 1.82) is 0 Å². The normalized spacial score (nSPS) is 12.2. The van der Waals surface area contributed by atoms with Crippen LogP contribution in [0.25, 0.3) is 0 Å². The van der Waals surface area contributed by atoms with Crippen molar-refractivity contribution in [3.8, 4) is 0 Å². The molecule has 0 aliphatic rings. The van der Waals surface area contributed by atoms with Crippen LogP contribution in [0.4, 0.5) is 4.39 Å². The predicted molar refractivity (Wildman–Crippen MR) is 124 cm³/mol. The Morgan fingerprint density at radius 3 is 2.34 bits per heavy atom. The van der Waals surface area contributed by atoms with Gasteiger partial charge in [-0.1, -0.05) is 49.9 Å². The number of nitrogens with one attached hydrogen (secondary N) is 1. The third-order valence-corrected chi connectivity index (χ3v) is 6.02. The summed E-state index contributed by atoms with van der Waals surface area (Å²) in [6.07, 6.45) is 0. The summed E-state index contributed by atoms with van der Waals surface area (Å²) in [6, 6.07) is 13.7. The van der Waals surface area contributed by atoms with Crippen LogP contribution in [0.3, 0.4) is 0 Å². The largest absolute Gasteiger partial charge is 0.383 e. The number of ether oxygens (including phenoxy) is 1. The molecule has 1 amide bonds. The van der Waals surface area contributed by atoms with E-state index in [1.807, 2.05) is 24.3 Å². The van der Waals surface area contributed by atoms with Crippen molar-refractivity contribution in [3.05, 3.63) is 76.9 Å². The Balaban J connectivity index is 1.60. The minimum Gasteiger partial charge on any atom is -0.383 e.